The average Bonchev–Trinajstić information content (AvgIpc) is 3.06. The van der Waals surface area contributed by atoms with E-state index < -0.39 is 0 Å². The standard InChI is InChI=1S/C19H20N4O3/c1-23-18(14-6-8-20-9-7-14)10-15(22-23)12-21-19(24)13-26-17-5-3-4-16(11-17)25-2/h3-11H,12-13H2,1-2H3,(H,21,24). The number of amides is 1. The number of pyridine rings is 1. The Bertz CT molecular complexity index is 878. The topological polar surface area (TPSA) is 78.3 Å². The van der Waals surface area contributed by atoms with Crippen LogP contribution >= 0.6 is 0 Å². The molecule has 1 aromatic carbocycles. The SMILES string of the molecule is COc1cccc(OCC(=O)NCc2cc(-c3ccncc3)n(C)n2)c1. The number of aromatic nitrogens is 3. The summed E-state index contributed by atoms with van der Waals surface area (Å²) in [5.41, 5.74) is 2.76. The maximum Gasteiger partial charge on any atom is 0.258 e. The fraction of sp³-hybridized carbons (Fsp3) is 0.211. The number of nitrogens with one attached hydrogen (secondary N) is 1. The molecule has 2 heterocycles. The summed E-state index contributed by atoms with van der Waals surface area (Å²) in [5.74, 6) is 1.04. The van der Waals surface area contributed by atoms with Crippen molar-refractivity contribution in [1.82, 2.24) is 20.1 Å². The van der Waals surface area contributed by atoms with Crippen molar-refractivity contribution < 1.29 is 14.3 Å². The molecule has 0 aliphatic carbocycles. The van der Waals surface area contributed by atoms with Gasteiger partial charge in [0.2, 0.25) is 0 Å². The molecule has 26 heavy (non-hydrogen) atoms. The molecule has 3 aromatic rings. The second-order valence-electron chi connectivity index (χ2n) is 5.62. The van der Waals surface area contributed by atoms with Crippen molar-refractivity contribution in [2.45, 2.75) is 6.54 Å². The van der Waals surface area contributed by atoms with Crippen LogP contribution in [0.4, 0.5) is 0 Å². The molecular weight excluding hydrogens is 332 g/mol. The Hall–Kier alpha value is -3.35. The van der Waals surface area contributed by atoms with E-state index >= 15 is 0 Å². The molecule has 0 unspecified atom stereocenters. The number of aryl methyl sites for hydroxylation is 1. The molecule has 0 radical (unpaired) electrons. The maximum absolute atomic E-state index is 12.0. The van der Waals surface area contributed by atoms with Crippen molar-refractivity contribution in [2.75, 3.05) is 13.7 Å². The molecule has 3 rings (SSSR count). The van der Waals surface area contributed by atoms with Gasteiger partial charge < -0.3 is 14.8 Å². The lowest BCUT2D eigenvalue weighted by Crippen LogP contribution is -2.28. The van der Waals surface area contributed by atoms with Crippen LogP contribution in [0.1, 0.15) is 5.69 Å². The lowest BCUT2D eigenvalue weighted by atomic mass is 10.2. The summed E-state index contributed by atoms with van der Waals surface area (Å²) in [6, 6.07) is 12.9. The Morgan fingerprint density at radius 1 is 1.15 bits per heavy atom. The highest BCUT2D eigenvalue weighted by molar-refractivity contribution is 5.77. The van der Waals surface area contributed by atoms with Crippen molar-refractivity contribution in [2.24, 2.45) is 7.05 Å². The van der Waals surface area contributed by atoms with Crippen molar-refractivity contribution in [3.05, 3.63) is 60.6 Å². The summed E-state index contributed by atoms with van der Waals surface area (Å²) in [5, 5.41) is 7.23. The molecule has 0 saturated carbocycles. The molecule has 1 N–H and O–H groups in total. The molecule has 2 aromatic heterocycles. The van der Waals surface area contributed by atoms with Gasteiger partial charge in [-0.1, -0.05) is 6.07 Å². The first kappa shape index (κ1) is 17.5. The van der Waals surface area contributed by atoms with Gasteiger partial charge >= 0.3 is 0 Å². The minimum Gasteiger partial charge on any atom is -0.497 e. The molecule has 7 nitrogen and oxygen atoms in total. The van der Waals surface area contributed by atoms with Gasteiger partial charge in [-0.05, 0) is 30.3 Å². The quantitative estimate of drug-likeness (QED) is 0.705. The largest absolute Gasteiger partial charge is 0.497 e. The Labute approximate surface area is 151 Å². The van der Waals surface area contributed by atoms with Gasteiger partial charge in [0.1, 0.15) is 11.5 Å². The number of rotatable bonds is 7. The first-order chi connectivity index (χ1) is 12.7. The number of hydrogen-bond donors (Lipinski definition) is 1. The summed E-state index contributed by atoms with van der Waals surface area (Å²) >= 11 is 0. The van der Waals surface area contributed by atoms with Crippen LogP contribution in [0.25, 0.3) is 11.3 Å². The zero-order valence-corrected chi connectivity index (χ0v) is 14.7. The number of carbonyl (C=O) groups excluding carboxylic acids is 1. The molecular formula is C19H20N4O3. The average molecular weight is 352 g/mol. The van der Waals surface area contributed by atoms with Crippen molar-refractivity contribution in [3.63, 3.8) is 0 Å². The predicted octanol–water partition coefficient (Wildman–Crippen LogP) is 2.19. The van der Waals surface area contributed by atoms with Gasteiger partial charge in [-0.3, -0.25) is 14.5 Å². The molecule has 1 amide bonds. The smallest absolute Gasteiger partial charge is 0.258 e. The number of hydrogen-bond acceptors (Lipinski definition) is 5. The van der Waals surface area contributed by atoms with Crippen LogP contribution in [0.15, 0.2) is 54.9 Å². The Balaban J connectivity index is 1.53. The van der Waals surface area contributed by atoms with E-state index in [1.165, 1.54) is 0 Å². The first-order valence-corrected chi connectivity index (χ1v) is 8.12. The Morgan fingerprint density at radius 2 is 1.92 bits per heavy atom. The van der Waals surface area contributed by atoms with Gasteiger partial charge in [-0.2, -0.15) is 5.10 Å². The minimum atomic E-state index is -0.219. The minimum absolute atomic E-state index is 0.0722. The molecule has 0 aliphatic rings. The van der Waals surface area contributed by atoms with Crippen molar-refractivity contribution in [1.29, 1.82) is 0 Å². The molecule has 0 atom stereocenters. The third kappa shape index (κ3) is 4.38. The van der Waals surface area contributed by atoms with Gasteiger partial charge in [-0.15, -0.1) is 0 Å². The number of benzene rings is 1. The van der Waals surface area contributed by atoms with Gasteiger partial charge in [0.15, 0.2) is 6.61 Å². The second kappa shape index (κ2) is 8.15. The fourth-order valence-corrected chi connectivity index (χ4v) is 2.49. The number of nitrogens with zero attached hydrogens (tertiary/aromatic N) is 3. The van der Waals surface area contributed by atoms with E-state index in [4.69, 9.17) is 9.47 Å². The lowest BCUT2D eigenvalue weighted by Gasteiger charge is -2.07. The van der Waals surface area contributed by atoms with E-state index in [-0.39, 0.29) is 12.5 Å². The number of ether oxygens (including phenoxy) is 2. The van der Waals surface area contributed by atoms with Crippen molar-refractivity contribution in [3.8, 4) is 22.8 Å². The van der Waals surface area contributed by atoms with E-state index in [1.54, 1.807) is 42.4 Å². The lowest BCUT2D eigenvalue weighted by molar-refractivity contribution is -0.123. The van der Waals surface area contributed by atoms with E-state index in [0.29, 0.717) is 18.0 Å². The monoisotopic (exact) mass is 352 g/mol. The molecule has 0 saturated heterocycles. The summed E-state index contributed by atoms with van der Waals surface area (Å²) < 4.78 is 12.4. The Kier molecular flexibility index (Phi) is 5.48. The maximum atomic E-state index is 12.0. The molecule has 0 spiro atoms. The summed E-state index contributed by atoms with van der Waals surface area (Å²) in [6.07, 6.45) is 3.47. The molecule has 134 valence electrons. The van der Waals surface area contributed by atoms with E-state index in [9.17, 15) is 4.79 Å². The molecule has 0 fully saturated rings. The number of methoxy groups -OCH3 is 1. The molecule has 0 bridgehead atoms. The molecule has 0 aliphatic heterocycles. The van der Waals surface area contributed by atoms with Gasteiger partial charge in [-0.25, -0.2) is 0 Å². The highest BCUT2D eigenvalue weighted by Crippen LogP contribution is 2.19. The number of carbonyl (C=O) groups is 1. The fourth-order valence-electron chi connectivity index (χ4n) is 2.49. The van der Waals surface area contributed by atoms with Crippen LogP contribution in [0.5, 0.6) is 11.5 Å². The third-order valence-corrected chi connectivity index (χ3v) is 3.78. The van der Waals surface area contributed by atoms with Gasteiger partial charge in [0.25, 0.3) is 5.91 Å². The van der Waals surface area contributed by atoms with Crippen LogP contribution in [-0.2, 0) is 18.4 Å². The zero-order chi connectivity index (χ0) is 18.4. The van der Waals surface area contributed by atoms with Crippen LogP contribution in [0.3, 0.4) is 0 Å². The van der Waals surface area contributed by atoms with Crippen LogP contribution in [0, 0.1) is 0 Å². The highest BCUT2D eigenvalue weighted by Gasteiger charge is 2.09. The van der Waals surface area contributed by atoms with E-state index in [1.807, 2.05) is 31.3 Å². The van der Waals surface area contributed by atoms with Crippen LogP contribution in [0.2, 0.25) is 0 Å². The summed E-state index contributed by atoms with van der Waals surface area (Å²) in [6.45, 7) is 0.260. The first-order valence-electron chi connectivity index (χ1n) is 8.12. The normalized spacial score (nSPS) is 10.4. The predicted molar refractivity (Wildman–Crippen MR) is 96.8 cm³/mol. The highest BCUT2D eigenvalue weighted by atomic mass is 16.5. The van der Waals surface area contributed by atoms with E-state index in [0.717, 1.165) is 17.0 Å². The second-order valence-corrected chi connectivity index (χ2v) is 5.62. The van der Waals surface area contributed by atoms with Crippen molar-refractivity contribution >= 4 is 5.91 Å². The van der Waals surface area contributed by atoms with Gasteiger partial charge in [0.05, 0.1) is 25.0 Å². The van der Waals surface area contributed by atoms with Crippen LogP contribution in [-0.4, -0.2) is 34.4 Å². The van der Waals surface area contributed by atoms with Gasteiger partial charge in [0, 0.05) is 31.1 Å². The molecule has 7 heteroatoms. The third-order valence-electron chi connectivity index (χ3n) is 3.78. The zero-order valence-electron chi connectivity index (χ0n) is 14.7. The summed E-state index contributed by atoms with van der Waals surface area (Å²) in [4.78, 5) is 16.0. The summed E-state index contributed by atoms with van der Waals surface area (Å²) in [7, 11) is 3.45. The van der Waals surface area contributed by atoms with E-state index in [2.05, 4.69) is 15.4 Å². The Morgan fingerprint density at radius 3 is 2.69 bits per heavy atom. The van der Waals surface area contributed by atoms with Crippen LogP contribution < -0.4 is 14.8 Å².